The van der Waals surface area contributed by atoms with Gasteiger partial charge in [-0.3, -0.25) is 14.5 Å². The predicted molar refractivity (Wildman–Crippen MR) is 113 cm³/mol. The number of rotatable bonds is 6. The number of nitrogens with one attached hydrogen (secondary N) is 1. The van der Waals surface area contributed by atoms with Crippen molar-refractivity contribution in [1.82, 2.24) is 0 Å². The Labute approximate surface area is 165 Å². The zero-order valence-electron chi connectivity index (χ0n) is 16.1. The molecule has 1 fully saturated rings. The van der Waals surface area contributed by atoms with Crippen LogP contribution >= 0.6 is 11.8 Å². The minimum absolute atomic E-state index is 0.0373. The van der Waals surface area contributed by atoms with Crippen molar-refractivity contribution < 1.29 is 9.59 Å². The maximum absolute atomic E-state index is 12.6. The Morgan fingerprint density at radius 2 is 1.93 bits per heavy atom. The lowest BCUT2D eigenvalue weighted by Gasteiger charge is -2.25. The van der Waals surface area contributed by atoms with Crippen molar-refractivity contribution in [2.45, 2.75) is 45.4 Å². The number of hydrogen-bond donors (Lipinski definition) is 1. The Bertz CT molecular complexity index is 830. The zero-order valence-corrected chi connectivity index (χ0v) is 16.9. The number of anilines is 2. The molecule has 0 saturated carbocycles. The molecule has 0 unspecified atom stereocenters. The molecule has 1 saturated heterocycles. The van der Waals surface area contributed by atoms with Crippen LogP contribution in [0.2, 0.25) is 0 Å². The Morgan fingerprint density at radius 3 is 2.63 bits per heavy atom. The summed E-state index contributed by atoms with van der Waals surface area (Å²) in [4.78, 5) is 26.5. The third-order valence-electron chi connectivity index (χ3n) is 4.57. The van der Waals surface area contributed by atoms with E-state index in [1.54, 1.807) is 11.8 Å². The molecule has 1 N–H and O–H groups in total. The summed E-state index contributed by atoms with van der Waals surface area (Å²) in [7, 11) is 0. The fourth-order valence-corrected chi connectivity index (χ4v) is 4.54. The third kappa shape index (κ3) is 4.72. The van der Waals surface area contributed by atoms with Crippen LogP contribution in [-0.2, 0) is 9.59 Å². The normalized spacial score (nSPS) is 16.6. The molecule has 0 spiro atoms. The summed E-state index contributed by atoms with van der Waals surface area (Å²) < 4.78 is 0. The molecule has 4 nitrogen and oxygen atoms in total. The zero-order chi connectivity index (χ0) is 19.4. The van der Waals surface area contributed by atoms with Crippen LogP contribution in [0.3, 0.4) is 0 Å². The first-order chi connectivity index (χ1) is 13.0. The SMILES string of the molecule is CCCCC(=O)Nc1cccc([C@@H]2SCC(=O)N2c2cc(C)cc(C)c2)c1. The maximum Gasteiger partial charge on any atom is 0.238 e. The summed E-state index contributed by atoms with van der Waals surface area (Å²) in [5.74, 6) is 0.618. The first-order valence-corrected chi connectivity index (χ1v) is 10.4. The molecule has 3 rings (SSSR count). The smallest absolute Gasteiger partial charge is 0.238 e. The molecule has 0 aromatic heterocycles. The fraction of sp³-hybridized carbons (Fsp3) is 0.364. The van der Waals surface area contributed by atoms with Crippen LogP contribution in [0, 0.1) is 13.8 Å². The van der Waals surface area contributed by atoms with Crippen LogP contribution in [0.4, 0.5) is 11.4 Å². The molecule has 1 aliphatic rings. The molecule has 2 aromatic rings. The molecule has 2 amide bonds. The van der Waals surface area contributed by atoms with E-state index in [0.29, 0.717) is 12.2 Å². The van der Waals surface area contributed by atoms with Crippen LogP contribution in [-0.4, -0.2) is 17.6 Å². The van der Waals surface area contributed by atoms with Gasteiger partial charge >= 0.3 is 0 Å². The number of aryl methyl sites for hydroxylation is 2. The Hall–Kier alpha value is -2.27. The lowest BCUT2D eigenvalue weighted by atomic mass is 10.1. The van der Waals surface area contributed by atoms with Gasteiger partial charge in [-0.25, -0.2) is 0 Å². The van der Waals surface area contributed by atoms with Gasteiger partial charge in [0.25, 0.3) is 0 Å². The summed E-state index contributed by atoms with van der Waals surface area (Å²) >= 11 is 1.62. The Kier molecular flexibility index (Phi) is 6.22. The van der Waals surface area contributed by atoms with Gasteiger partial charge in [-0.05, 0) is 61.2 Å². The summed E-state index contributed by atoms with van der Waals surface area (Å²) in [6, 6.07) is 14.1. The van der Waals surface area contributed by atoms with Crippen molar-refractivity contribution in [3.05, 3.63) is 59.2 Å². The predicted octanol–water partition coefficient (Wildman–Crippen LogP) is 5.21. The first-order valence-electron chi connectivity index (χ1n) is 9.39. The monoisotopic (exact) mass is 382 g/mol. The highest BCUT2D eigenvalue weighted by molar-refractivity contribution is 8.00. The highest BCUT2D eigenvalue weighted by Crippen LogP contribution is 2.42. The van der Waals surface area contributed by atoms with Crippen LogP contribution in [0.25, 0.3) is 0 Å². The lowest BCUT2D eigenvalue weighted by molar-refractivity contribution is -0.116. The van der Waals surface area contributed by atoms with Gasteiger partial charge in [0.15, 0.2) is 0 Å². The van der Waals surface area contributed by atoms with E-state index in [4.69, 9.17) is 0 Å². The highest BCUT2D eigenvalue weighted by Gasteiger charge is 2.34. The number of benzene rings is 2. The van der Waals surface area contributed by atoms with Gasteiger partial charge in [-0.15, -0.1) is 11.8 Å². The molecule has 27 heavy (non-hydrogen) atoms. The summed E-state index contributed by atoms with van der Waals surface area (Å²) in [5.41, 5.74) is 5.04. The van der Waals surface area contributed by atoms with Crippen molar-refractivity contribution in [3.8, 4) is 0 Å². The maximum atomic E-state index is 12.6. The number of hydrogen-bond acceptors (Lipinski definition) is 3. The number of nitrogens with zero attached hydrogens (tertiary/aromatic N) is 1. The quantitative estimate of drug-likeness (QED) is 0.746. The van der Waals surface area contributed by atoms with Crippen molar-refractivity contribution in [2.24, 2.45) is 0 Å². The first kappa shape index (κ1) is 19.5. The molecule has 0 bridgehead atoms. The number of amides is 2. The molecular formula is C22H26N2O2S. The van der Waals surface area contributed by atoms with E-state index in [9.17, 15) is 9.59 Å². The second kappa shape index (κ2) is 8.61. The molecule has 5 heteroatoms. The molecule has 1 atom stereocenters. The van der Waals surface area contributed by atoms with E-state index in [2.05, 4.69) is 30.4 Å². The van der Waals surface area contributed by atoms with Crippen LogP contribution in [0.15, 0.2) is 42.5 Å². The van der Waals surface area contributed by atoms with Gasteiger partial charge in [-0.2, -0.15) is 0 Å². The third-order valence-corrected chi connectivity index (χ3v) is 5.78. The molecule has 142 valence electrons. The van der Waals surface area contributed by atoms with Gasteiger partial charge in [0.05, 0.1) is 5.75 Å². The molecule has 1 heterocycles. The molecule has 2 aromatic carbocycles. The molecule has 0 aliphatic carbocycles. The van der Waals surface area contributed by atoms with Gasteiger partial charge in [-0.1, -0.05) is 31.5 Å². The van der Waals surface area contributed by atoms with E-state index in [1.807, 2.05) is 43.0 Å². The van der Waals surface area contributed by atoms with Crippen molar-refractivity contribution in [2.75, 3.05) is 16.0 Å². The summed E-state index contributed by atoms with van der Waals surface area (Å²) in [6.45, 7) is 6.17. The van der Waals surface area contributed by atoms with Gasteiger partial charge in [0.1, 0.15) is 5.37 Å². The van der Waals surface area contributed by atoms with Gasteiger partial charge in [0, 0.05) is 17.8 Å². The van der Waals surface area contributed by atoms with E-state index < -0.39 is 0 Å². The van der Waals surface area contributed by atoms with Crippen LogP contribution in [0.5, 0.6) is 0 Å². The van der Waals surface area contributed by atoms with Gasteiger partial charge in [0.2, 0.25) is 11.8 Å². The molecule has 1 aliphatic heterocycles. The number of thioether (sulfide) groups is 1. The number of carbonyl (C=O) groups is 2. The van der Waals surface area contributed by atoms with E-state index >= 15 is 0 Å². The average molecular weight is 383 g/mol. The largest absolute Gasteiger partial charge is 0.326 e. The summed E-state index contributed by atoms with van der Waals surface area (Å²) in [6.07, 6.45) is 2.42. The number of carbonyl (C=O) groups excluding carboxylic acids is 2. The molecule has 0 radical (unpaired) electrons. The standard InChI is InChI=1S/C22H26N2O2S/c1-4-5-9-20(25)23-18-8-6-7-17(13-18)22-24(21(26)14-27-22)19-11-15(2)10-16(3)12-19/h6-8,10-13,22H,4-5,9,14H2,1-3H3,(H,23,25)/t22-/m0/s1. The Balaban J connectivity index is 1.85. The minimum atomic E-state index is -0.0776. The van der Waals surface area contributed by atoms with Crippen molar-refractivity contribution >= 4 is 35.0 Å². The highest BCUT2D eigenvalue weighted by atomic mass is 32.2. The topological polar surface area (TPSA) is 49.4 Å². The van der Waals surface area contributed by atoms with E-state index in [1.165, 1.54) is 0 Å². The lowest BCUT2D eigenvalue weighted by Crippen LogP contribution is -2.28. The number of unbranched alkanes of at least 4 members (excludes halogenated alkanes) is 1. The van der Waals surface area contributed by atoms with Crippen molar-refractivity contribution in [1.29, 1.82) is 0 Å². The molecular weight excluding hydrogens is 356 g/mol. The van der Waals surface area contributed by atoms with Crippen LogP contribution in [0.1, 0.15) is 48.3 Å². The van der Waals surface area contributed by atoms with Crippen LogP contribution < -0.4 is 10.2 Å². The van der Waals surface area contributed by atoms with E-state index in [0.717, 1.165) is 40.9 Å². The van der Waals surface area contributed by atoms with E-state index in [-0.39, 0.29) is 17.2 Å². The minimum Gasteiger partial charge on any atom is -0.326 e. The summed E-state index contributed by atoms with van der Waals surface area (Å²) in [5, 5.41) is 2.90. The van der Waals surface area contributed by atoms with Crippen molar-refractivity contribution in [3.63, 3.8) is 0 Å². The average Bonchev–Trinajstić information content (AvgIpc) is 3.01. The Morgan fingerprint density at radius 1 is 1.19 bits per heavy atom. The second-order valence-electron chi connectivity index (χ2n) is 7.05. The fourth-order valence-electron chi connectivity index (χ4n) is 3.37. The second-order valence-corrected chi connectivity index (χ2v) is 8.12. The van der Waals surface area contributed by atoms with Gasteiger partial charge < -0.3 is 5.32 Å².